The highest BCUT2D eigenvalue weighted by Crippen LogP contribution is 2.31. The average molecular weight is 546 g/mol. The van der Waals surface area contributed by atoms with Gasteiger partial charge < -0.3 is 9.30 Å². The maximum absolute atomic E-state index is 13.7. The zero-order valence-corrected chi connectivity index (χ0v) is 22.1. The summed E-state index contributed by atoms with van der Waals surface area (Å²) in [5.41, 5.74) is 2.02. The van der Waals surface area contributed by atoms with Crippen LogP contribution in [0.5, 0.6) is 0 Å². The van der Waals surface area contributed by atoms with Gasteiger partial charge in [-0.15, -0.1) is 0 Å². The molecule has 0 bridgehead atoms. The molecule has 188 valence electrons. The minimum Gasteiger partial charge on any atom is -0.464 e. The first kappa shape index (κ1) is 26.0. The van der Waals surface area contributed by atoms with Gasteiger partial charge in [-0.1, -0.05) is 42.6 Å². The lowest BCUT2D eigenvalue weighted by Crippen LogP contribution is -2.36. The molecule has 0 saturated carbocycles. The molecule has 0 aliphatic heterocycles. The van der Waals surface area contributed by atoms with Gasteiger partial charge in [-0.25, -0.2) is 13.4 Å². The van der Waals surface area contributed by atoms with Crippen LogP contribution in [0.1, 0.15) is 25.5 Å². The number of anilines is 1. The van der Waals surface area contributed by atoms with E-state index in [2.05, 4.69) is 4.98 Å². The van der Waals surface area contributed by atoms with Crippen molar-refractivity contribution in [2.24, 2.45) is 0 Å². The van der Waals surface area contributed by atoms with Gasteiger partial charge in [0.25, 0.3) is 10.0 Å². The highest BCUT2D eigenvalue weighted by atomic mass is 35.5. The molecule has 2 heterocycles. The number of halogens is 2. The van der Waals surface area contributed by atoms with E-state index in [0.29, 0.717) is 12.1 Å². The molecular formula is C26H25Cl2N3O4S. The second-order valence-corrected chi connectivity index (χ2v) is 11.0. The summed E-state index contributed by atoms with van der Waals surface area (Å²) in [6, 6.07) is 16.8. The van der Waals surface area contributed by atoms with Crippen LogP contribution < -0.4 is 4.31 Å². The molecule has 0 aliphatic carbocycles. The van der Waals surface area contributed by atoms with E-state index in [1.807, 2.05) is 48.9 Å². The fourth-order valence-electron chi connectivity index (χ4n) is 3.76. The van der Waals surface area contributed by atoms with Crippen LogP contribution in [-0.2, 0) is 19.6 Å². The van der Waals surface area contributed by atoms with Crippen LogP contribution in [0.25, 0.3) is 16.7 Å². The minimum atomic E-state index is -4.20. The van der Waals surface area contributed by atoms with Crippen LogP contribution in [0.2, 0.25) is 10.0 Å². The Bertz CT molecular complexity index is 1500. The van der Waals surface area contributed by atoms with Crippen molar-refractivity contribution in [3.8, 4) is 5.82 Å². The molecule has 0 spiro atoms. The summed E-state index contributed by atoms with van der Waals surface area (Å²) >= 11 is 12.2. The van der Waals surface area contributed by atoms with E-state index in [9.17, 15) is 13.2 Å². The van der Waals surface area contributed by atoms with Crippen LogP contribution in [0.15, 0.2) is 71.8 Å². The second-order valence-electron chi connectivity index (χ2n) is 8.26. The van der Waals surface area contributed by atoms with E-state index < -0.39 is 22.5 Å². The number of rotatable bonds is 9. The fraction of sp³-hybridized carbons (Fsp3) is 0.231. The second kappa shape index (κ2) is 10.9. The van der Waals surface area contributed by atoms with Gasteiger partial charge in [0, 0.05) is 27.3 Å². The first-order valence-electron chi connectivity index (χ1n) is 11.4. The Kier molecular flexibility index (Phi) is 7.88. The molecule has 0 atom stereocenters. The van der Waals surface area contributed by atoms with E-state index >= 15 is 0 Å². The number of esters is 1. The first-order chi connectivity index (χ1) is 17.2. The molecule has 7 nitrogen and oxygen atoms in total. The Morgan fingerprint density at radius 2 is 1.81 bits per heavy atom. The number of hydrogen-bond donors (Lipinski definition) is 0. The zero-order chi connectivity index (χ0) is 25.9. The molecule has 0 fully saturated rings. The van der Waals surface area contributed by atoms with Gasteiger partial charge in [0.1, 0.15) is 12.4 Å². The number of ether oxygens (including phenoxy) is 1. The number of pyridine rings is 1. The van der Waals surface area contributed by atoms with Crippen molar-refractivity contribution in [2.45, 2.75) is 31.6 Å². The third-order valence-electron chi connectivity index (χ3n) is 5.54. The number of nitrogens with zero attached hydrogens (tertiary/aromatic N) is 3. The minimum absolute atomic E-state index is 0.122. The molecule has 2 aromatic heterocycles. The van der Waals surface area contributed by atoms with Gasteiger partial charge in [-0.05, 0) is 67.9 Å². The molecule has 36 heavy (non-hydrogen) atoms. The number of unbranched alkanes of at least 4 members (excludes halogenated alkanes) is 1. The monoisotopic (exact) mass is 545 g/mol. The van der Waals surface area contributed by atoms with E-state index in [4.69, 9.17) is 27.9 Å². The lowest BCUT2D eigenvalue weighted by molar-refractivity contribution is -0.141. The van der Waals surface area contributed by atoms with E-state index in [-0.39, 0.29) is 21.5 Å². The van der Waals surface area contributed by atoms with Crippen LogP contribution in [0.4, 0.5) is 5.69 Å². The number of fused-ring (bicyclic) bond motifs is 1. The van der Waals surface area contributed by atoms with E-state index in [1.165, 1.54) is 18.2 Å². The number of carbonyl (C=O) groups excluding carboxylic acids is 1. The third kappa shape index (κ3) is 5.67. The Balaban J connectivity index is 1.76. The van der Waals surface area contributed by atoms with Gasteiger partial charge in [0.15, 0.2) is 0 Å². The highest BCUT2D eigenvalue weighted by Gasteiger charge is 2.29. The normalized spacial score (nSPS) is 11.6. The zero-order valence-electron chi connectivity index (χ0n) is 19.8. The fourth-order valence-corrected chi connectivity index (χ4v) is 5.89. The van der Waals surface area contributed by atoms with Gasteiger partial charge in [-0.2, -0.15) is 0 Å². The summed E-state index contributed by atoms with van der Waals surface area (Å²) in [5, 5.41) is 1.12. The summed E-state index contributed by atoms with van der Waals surface area (Å²) < 4.78 is 35.6. The Morgan fingerprint density at radius 3 is 2.50 bits per heavy atom. The third-order valence-corrected chi connectivity index (χ3v) is 7.73. The molecule has 4 rings (SSSR count). The molecule has 0 unspecified atom stereocenters. The Hall–Kier alpha value is -3.07. The SMILES string of the molecule is CCCCOC(=O)CN(c1ccc2c(ccn2-c2cccc(C)n2)c1)S(=O)(=O)c1cc(Cl)cc(Cl)c1. The van der Waals surface area contributed by atoms with E-state index in [1.54, 1.807) is 18.2 Å². The number of sulfonamides is 1. The Labute approximate surface area is 220 Å². The predicted molar refractivity (Wildman–Crippen MR) is 143 cm³/mol. The van der Waals surface area contributed by atoms with Crippen molar-refractivity contribution in [3.63, 3.8) is 0 Å². The number of benzene rings is 2. The van der Waals surface area contributed by atoms with Crippen molar-refractivity contribution in [1.82, 2.24) is 9.55 Å². The summed E-state index contributed by atoms with van der Waals surface area (Å²) in [6.45, 7) is 3.61. The number of carbonyl (C=O) groups is 1. The van der Waals surface area contributed by atoms with Gasteiger partial charge >= 0.3 is 5.97 Å². The Morgan fingerprint density at radius 1 is 1.06 bits per heavy atom. The van der Waals surface area contributed by atoms with Gasteiger partial charge in [0.2, 0.25) is 0 Å². The van der Waals surface area contributed by atoms with Crippen molar-refractivity contribution in [3.05, 3.63) is 82.6 Å². The number of aryl methyl sites for hydroxylation is 1. The molecule has 10 heteroatoms. The quantitative estimate of drug-likeness (QED) is 0.185. The molecule has 0 aliphatic rings. The largest absolute Gasteiger partial charge is 0.464 e. The smallest absolute Gasteiger partial charge is 0.326 e. The molecular weight excluding hydrogens is 521 g/mol. The standard InChI is InChI=1S/C26H25Cl2N3O4S/c1-3-4-12-35-26(32)17-31(36(33,34)23-15-20(27)14-21(28)16-23)22-8-9-24-19(13-22)10-11-30(24)25-7-5-6-18(2)29-25/h5-11,13-16H,3-4,12,17H2,1-2H3. The molecule has 0 N–H and O–H groups in total. The summed E-state index contributed by atoms with van der Waals surface area (Å²) in [5.74, 6) is 0.0945. The predicted octanol–water partition coefficient (Wildman–Crippen LogP) is 6.18. The average Bonchev–Trinajstić information content (AvgIpc) is 3.25. The number of hydrogen-bond acceptors (Lipinski definition) is 5. The maximum Gasteiger partial charge on any atom is 0.326 e. The van der Waals surface area contributed by atoms with Crippen molar-refractivity contribution in [2.75, 3.05) is 17.5 Å². The highest BCUT2D eigenvalue weighted by molar-refractivity contribution is 7.92. The van der Waals surface area contributed by atoms with Gasteiger partial charge in [-0.3, -0.25) is 9.10 Å². The van der Waals surface area contributed by atoms with Crippen molar-refractivity contribution in [1.29, 1.82) is 0 Å². The lowest BCUT2D eigenvalue weighted by Gasteiger charge is -2.24. The topological polar surface area (TPSA) is 81.5 Å². The van der Waals surface area contributed by atoms with E-state index in [0.717, 1.165) is 33.1 Å². The summed E-state index contributed by atoms with van der Waals surface area (Å²) in [6.07, 6.45) is 3.40. The van der Waals surface area contributed by atoms with Crippen LogP contribution in [-0.4, -0.2) is 37.1 Å². The van der Waals surface area contributed by atoms with Gasteiger partial charge in [0.05, 0.1) is 22.7 Å². The van der Waals surface area contributed by atoms with Crippen molar-refractivity contribution >= 4 is 55.8 Å². The first-order valence-corrected chi connectivity index (χ1v) is 13.6. The number of aromatic nitrogens is 2. The molecule has 0 amide bonds. The summed E-state index contributed by atoms with van der Waals surface area (Å²) in [4.78, 5) is 17.0. The summed E-state index contributed by atoms with van der Waals surface area (Å²) in [7, 11) is -4.20. The van der Waals surface area contributed by atoms with Crippen LogP contribution in [0, 0.1) is 6.92 Å². The molecule has 0 saturated heterocycles. The van der Waals surface area contributed by atoms with Crippen molar-refractivity contribution < 1.29 is 17.9 Å². The molecule has 0 radical (unpaired) electrons. The molecule has 4 aromatic rings. The van der Waals surface area contributed by atoms with Crippen LogP contribution >= 0.6 is 23.2 Å². The maximum atomic E-state index is 13.7. The lowest BCUT2D eigenvalue weighted by atomic mass is 10.2. The molecule has 2 aromatic carbocycles. The van der Waals surface area contributed by atoms with Crippen LogP contribution in [0.3, 0.4) is 0 Å².